The predicted octanol–water partition coefficient (Wildman–Crippen LogP) is 3.00. The van der Waals surface area contributed by atoms with Crippen molar-refractivity contribution in [1.29, 1.82) is 0 Å². The summed E-state index contributed by atoms with van der Waals surface area (Å²) in [5.74, 6) is 0.169. The first-order chi connectivity index (χ1) is 10.6. The van der Waals surface area contributed by atoms with Gasteiger partial charge in [0.15, 0.2) is 0 Å². The number of amides is 1. The Hall–Kier alpha value is -1.42. The molecule has 0 saturated carbocycles. The van der Waals surface area contributed by atoms with Crippen LogP contribution in [0.2, 0.25) is 5.02 Å². The van der Waals surface area contributed by atoms with Gasteiger partial charge in [0.2, 0.25) is 5.91 Å². The van der Waals surface area contributed by atoms with E-state index < -0.39 is 0 Å². The van der Waals surface area contributed by atoms with E-state index in [0.717, 1.165) is 44.3 Å². The molecule has 0 aromatic heterocycles. The van der Waals surface area contributed by atoms with Crippen LogP contribution in [0, 0.1) is 0 Å². The first-order valence-corrected chi connectivity index (χ1v) is 8.58. The fraction of sp³-hybridized carbons (Fsp3) is 0.588. The molecule has 2 saturated heterocycles. The number of hydrogen-bond donors (Lipinski definition) is 0. The van der Waals surface area contributed by atoms with E-state index in [4.69, 9.17) is 11.6 Å². The first-order valence-electron chi connectivity index (χ1n) is 8.20. The molecule has 2 aliphatic rings. The molecule has 0 radical (unpaired) electrons. The third-order valence-electron chi connectivity index (χ3n) is 4.70. The minimum absolute atomic E-state index is 0.169. The van der Waals surface area contributed by atoms with Gasteiger partial charge in [-0.05, 0) is 37.5 Å². The van der Waals surface area contributed by atoms with E-state index in [0.29, 0.717) is 0 Å². The summed E-state index contributed by atoms with van der Waals surface area (Å²) in [7, 11) is 0. The zero-order valence-corrected chi connectivity index (χ0v) is 14.0. The maximum Gasteiger partial charge on any atom is 0.219 e. The molecular formula is C17H24ClN3O. The number of carbonyl (C=O) groups excluding carboxylic acids is 1. The molecule has 4 nitrogen and oxygen atoms in total. The summed E-state index contributed by atoms with van der Waals surface area (Å²) in [5.41, 5.74) is 2.51. The topological polar surface area (TPSA) is 26.8 Å². The lowest BCUT2D eigenvalue weighted by Crippen LogP contribution is -2.48. The molecular weight excluding hydrogens is 298 g/mol. The van der Waals surface area contributed by atoms with Crippen molar-refractivity contribution in [2.24, 2.45) is 0 Å². The van der Waals surface area contributed by atoms with Crippen LogP contribution in [0.25, 0.3) is 0 Å². The van der Waals surface area contributed by atoms with Crippen LogP contribution in [0.15, 0.2) is 18.2 Å². The van der Waals surface area contributed by atoms with E-state index in [9.17, 15) is 4.79 Å². The van der Waals surface area contributed by atoms with Crippen molar-refractivity contribution in [3.63, 3.8) is 0 Å². The van der Waals surface area contributed by atoms with Crippen LogP contribution in [0.4, 0.5) is 11.4 Å². The van der Waals surface area contributed by atoms with Crippen molar-refractivity contribution < 1.29 is 4.79 Å². The zero-order valence-electron chi connectivity index (χ0n) is 13.2. The first kappa shape index (κ1) is 15.5. The number of halogens is 1. The molecule has 3 rings (SSSR count). The molecule has 0 atom stereocenters. The highest BCUT2D eigenvalue weighted by molar-refractivity contribution is 6.31. The van der Waals surface area contributed by atoms with Gasteiger partial charge in [0.1, 0.15) is 0 Å². The second-order valence-corrected chi connectivity index (χ2v) is 6.61. The second kappa shape index (κ2) is 6.78. The quantitative estimate of drug-likeness (QED) is 0.838. The number of anilines is 2. The summed E-state index contributed by atoms with van der Waals surface area (Å²) >= 11 is 6.24. The Kier molecular flexibility index (Phi) is 4.77. The van der Waals surface area contributed by atoms with Crippen LogP contribution in [-0.4, -0.2) is 50.1 Å². The number of benzene rings is 1. The van der Waals surface area contributed by atoms with E-state index >= 15 is 0 Å². The van der Waals surface area contributed by atoms with Gasteiger partial charge in [-0.15, -0.1) is 0 Å². The third-order valence-corrected chi connectivity index (χ3v) is 4.93. The summed E-state index contributed by atoms with van der Waals surface area (Å²) in [6.45, 7) is 7.24. The molecule has 1 amide bonds. The number of piperidine rings is 1. The summed E-state index contributed by atoms with van der Waals surface area (Å²) in [5, 5.41) is 0.782. The molecule has 1 aromatic carbocycles. The van der Waals surface area contributed by atoms with Crippen LogP contribution >= 0.6 is 11.6 Å². The minimum atomic E-state index is 0.169. The molecule has 0 aliphatic carbocycles. The summed E-state index contributed by atoms with van der Waals surface area (Å²) in [4.78, 5) is 18.3. The lowest BCUT2D eigenvalue weighted by atomic mass is 10.1. The van der Waals surface area contributed by atoms with E-state index in [-0.39, 0.29) is 5.91 Å². The molecule has 0 bridgehead atoms. The largest absolute Gasteiger partial charge is 0.370 e. The third kappa shape index (κ3) is 3.32. The van der Waals surface area contributed by atoms with Crippen LogP contribution < -0.4 is 9.80 Å². The Labute approximate surface area is 137 Å². The lowest BCUT2D eigenvalue weighted by Gasteiger charge is -2.39. The Morgan fingerprint density at radius 1 is 0.909 bits per heavy atom. The van der Waals surface area contributed by atoms with Crippen molar-refractivity contribution in [2.45, 2.75) is 26.2 Å². The average Bonchev–Trinajstić information content (AvgIpc) is 2.55. The maximum atomic E-state index is 11.5. The Morgan fingerprint density at radius 3 is 2.18 bits per heavy atom. The fourth-order valence-corrected chi connectivity index (χ4v) is 3.58. The van der Waals surface area contributed by atoms with Crippen molar-refractivity contribution in [1.82, 2.24) is 4.90 Å². The molecule has 0 unspecified atom stereocenters. The molecule has 1 aromatic rings. The fourth-order valence-electron chi connectivity index (χ4n) is 3.41. The number of carbonyl (C=O) groups is 1. The number of nitrogens with zero attached hydrogens (tertiary/aromatic N) is 3. The van der Waals surface area contributed by atoms with Crippen molar-refractivity contribution in [2.75, 3.05) is 49.1 Å². The molecule has 120 valence electrons. The van der Waals surface area contributed by atoms with E-state index in [1.807, 2.05) is 11.0 Å². The van der Waals surface area contributed by atoms with E-state index in [1.54, 1.807) is 6.92 Å². The van der Waals surface area contributed by atoms with E-state index in [1.165, 1.54) is 30.6 Å². The lowest BCUT2D eigenvalue weighted by molar-refractivity contribution is -0.129. The van der Waals surface area contributed by atoms with Crippen molar-refractivity contribution in [3.05, 3.63) is 23.2 Å². The predicted molar refractivity (Wildman–Crippen MR) is 92.0 cm³/mol. The summed E-state index contributed by atoms with van der Waals surface area (Å²) < 4.78 is 0. The standard InChI is InChI=1S/C17H24ClN3O/c1-14(22)19-9-11-21(12-10-19)17-13-15(18)5-6-16(17)20-7-3-2-4-8-20/h5-6,13H,2-4,7-12H2,1H3. The Morgan fingerprint density at radius 2 is 1.55 bits per heavy atom. The molecule has 0 spiro atoms. The molecule has 2 aliphatic heterocycles. The Bertz CT molecular complexity index is 535. The molecule has 5 heteroatoms. The van der Waals surface area contributed by atoms with Crippen LogP contribution in [0.1, 0.15) is 26.2 Å². The highest BCUT2D eigenvalue weighted by atomic mass is 35.5. The van der Waals surface area contributed by atoms with Gasteiger partial charge in [-0.25, -0.2) is 0 Å². The molecule has 22 heavy (non-hydrogen) atoms. The smallest absolute Gasteiger partial charge is 0.219 e. The number of hydrogen-bond acceptors (Lipinski definition) is 3. The van der Waals surface area contributed by atoms with Gasteiger partial charge in [-0.3, -0.25) is 4.79 Å². The van der Waals surface area contributed by atoms with Gasteiger partial charge in [-0.2, -0.15) is 0 Å². The minimum Gasteiger partial charge on any atom is -0.370 e. The summed E-state index contributed by atoms with van der Waals surface area (Å²) in [6.07, 6.45) is 3.86. The zero-order chi connectivity index (χ0) is 15.5. The molecule has 0 N–H and O–H groups in total. The van der Waals surface area contributed by atoms with Gasteiger partial charge in [0.25, 0.3) is 0 Å². The highest BCUT2D eigenvalue weighted by Gasteiger charge is 2.23. The van der Waals surface area contributed by atoms with Gasteiger partial charge in [0, 0.05) is 51.2 Å². The maximum absolute atomic E-state index is 11.5. The van der Waals surface area contributed by atoms with Crippen LogP contribution in [-0.2, 0) is 4.79 Å². The van der Waals surface area contributed by atoms with Crippen LogP contribution in [0.5, 0.6) is 0 Å². The Balaban J connectivity index is 1.80. The van der Waals surface area contributed by atoms with Crippen LogP contribution in [0.3, 0.4) is 0 Å². The average molecular weight is 322 g/mol. The molecule has 2 heterocycles. The van der Waals surface area contributed by atoms with Gasteiger partial charge in [-0.1, -0.05) is 11.6 Å². The monoisotopic (exact) mass is 321 g/mol. The van der Waals surface area contributed by atoms with Gasteiger partial charge in [0.05, 0.1) is 11.4 Å². The van der Waals surface area contributed by atoms with Gasteiger partial charge >= 0.3 is 0 Å². The highest BCUT2D eigenvalue weighted by Crippen LogP contribution is 2.34. The summed E-state index contributed by atoms with van der Waals surface area (Å²) in [6, 6.07) is 6.22. The van der Waals surface area contributed by atoms with E-state index in [2.05, 4.69) is 21.9 Å². The van der Waals surface area contributed by atoms with Crippen molar-refractivity contribution in [3.8, 4) is 0 Å². The van der Waals surface area contributed by atoms with Crippen molar-refractivity contribution >= 4 is 28.9 Å². The normalized spacial score (nSPS) is 19.5. The number of piperazine rings is 1. The number of rotatable bonds is 2. The van der Waals surface area contributed by atoms with Gasteiger partial charge < -0.3 is 14.7 Å². The SMILES string of the molecule is CC(=O)N1CCN(c2cc(Cl)ccc2N2CCCCC2)CC1. The molecule has 2 fully saturated rings. The second-order valence-electron chi connectivity index (χ2n) is 6.17.